The van der Waals surface area contributed by atoms with Crippen molar-refractivity contribution in [2.24, 2.45) is 0 Å². The molecule has 2 heterocycles. The third-order valence-corrected chi connectivity index (χ3v) is 2.10. The van der Waals surface area contributed by atoms with Gasteiger partial charge in [0.05, 0.1) is 11.4 Å². The van der Waals surface area contributed by atoms with Crippen molar-refractivity contribution < 1.29 is 4.42 Å². The molecule has 0 spiro atoms. The number of aryl methyl sites for hydroxylation is 1. The Morgan fingerprint density at radius 1 is 1.36 bits per heavy atom. The smallest absolute Gasteiger partial charge is 0.247 e. The van der Waals surface area contributed by atoms with Crippen LogP contribution in [0.3, 0.4) is 0 Å². The second kappa shape index (κ2) is 2.97. The van der Waals surface area contributed by atoms with Gasteiger partial charge in [0, 0.05) is 6.92 Å². The molecule has 2 rings (SSSR count). The molecule has 0 unspecified atom stereocenters. The monoisotopic (exact) mass is 191 g/mol. The first kappa shape index (κ1) is 8.99. The lowest BCUT2D eigenvalue weighted by Crippen LogP contribution is -1.99. The van der Waals surface area contributed by atoms with Gasteiger partial charge in [0.2, 0.25) is 5.71 Å². The lowest BCUT2D eigenvalue weighted by molar-refractivity contribution is 0.549. The summed E-state index contributed by atoms with van der Waals surface area (Å²) < 4.78 is 5.34. The molecule has 0 aliphatic heterocycles. The van der Waals surface area contributed by atoms with Gasteiger partial charge in [0.1, 0.15) is 5.52 Å². The first-order chi connectivity index (χ1) is 6.58. The van der Waals surface area contributed by atoms with Gasteiger partial charge in [-0.3, -0.25) is 0 Å². The van der Waals surface area contributed by atoms with Crippen LogP contribution in [0.1, 0.15) is 31.4 Å². The maximum atomic E-state index is 5.85. The molecule has 4 nitrogen and oxygen atoms in total. The van der Waals surface area contributed by atoms with Gasteiger partial charge < -0.3 is 10.2 Å². The molecule has 0 aromatic carbocycles. The zero-order valence-corrected chi connectivity index (χ0v) is 8.53. The Kier molecular flexibility index (Phi) is 1.91. The Hall–Kier alpha value is -1.58. The van der Waals surface area contributed by atoms with Gasteiger partial charge in [-0.2, -0.15) is 0 Å². The summed E-state index contributed by atoms with van der Waals surface area (Å²) in [6.07, 6.45) is 0. The summed E-state index contributed by atoms with van der Waals surface area (Å²) in [7, 11) is 0. The molecule has 2 aromatic rings. The minimum absolute atomic E-state index is 0.296. The van der Waals surface area contributed by atoms with Crippen LogP contribution in [-0.2, 0) is 0 Å². The van der Waals surface area contributed by atoms with Crippen LogP contribution in [0.15, 0.2) is 10.5 Å². The molecule has 2 aromatic heterocycles. The number of hydrogen-bond donors (Lipinski definition) is 1. The molecular weight excluding hydrogens is 178 g/mol. The van der Waals surface area contributed by atoms with Crippen LogP contribution < -0.4 is 5.73 Å². The number of rotatable bonds is 1. The fraction of sp³-hybridized carbons (Fsp3) is 0.400. The Morgan fingerprint density at radius 2 is 2.07 bits per heavy atom. The summed E-state index contributed by atoms with van der Waals surface area (Å²) in [5.74, 6) is 0.914. The fourth-order valence-corrected chi connectivity index (χ4v) is 1.46. The van der Waals surface area contributed by atoms with E-state index in [4.69, 9.17) is 10.2 Å². The molecule has 74 valence electrons. The molecule has 0 amide bonds. The van der Waals surface area contributed by atoms with Crippen molar-refractivity contribution in [2.75, 3.05) is 5.73 Å². The lowest BCUT2D eigenvalue weighted by atomic mass is 10.1. The number of oxazole rings is 1. The van der Waals surface area contributed by atoms with E-state index in [1.807, 2.05) is 19.9 Å². The molecular formula is C10H13N3O. The summed E-state index contributed by atoms with van der Waals surface area (Å²) in [4.78, 5) is 8.51. The Bertz CT molecular complexity index is 473. The van der Waals surface area contributed by atoms with E-state index in [2.05, 4.69) is 9.97 Å². The number of pyridine rings is 1. The van der Waals surface area contributed by atoms with Crippen molar-refractivity contribution >= 4 is 16.9 Å². The third kappa shape index (κ3) is 1.32. The largest absolute Gasteiger partial charge is 0.423 e. The number of aromatic nitrogens is 2. The van der Waals surface area contributed by atoms with Gasteiger partial charge in [-0.05, 0) is 12.0 Å². The average molecular weight is 191 g/mol. The molecule has 0 bridgehead atoms. The van der Waals surface area contributed by atoms with Crippen molar-refractivity contribution in [1.82, 2.24) is 9.97 Å². The summed E-state index contributed by atoms with van der Waals surface area (Å²) >= 11 is 0. The van der Waals surface area contributed by atoms with E-state index in [0.29, 0.717) is 23.2 Å². The van der Waals surface area contributed by atoms with E-state index in [1.165, 1.54) is 0 Å². The minimum atomic E-state index is 0.296. The molecule has 0 aliphatic rings. The quantitative estimate of drug-likeness (QED) is 0.750. The second-order valence-electron chi connectivity index (χ2n) is 3.67. The summed E-state index contributed by atoms with van der Waals surface area (Å²) in [5.41, 5.74) is 8.70. The predicted octanol–water partition coefficient (Wildman–Crippen LogP) is 2.24. The van der Waals surface area contributed by atoms with E-state index in [9.17, 15) is 0 Å². The predicted molar refractivity (Wildman–Crippen MR) is 55.0 cm³/mol. The molecule has 0 radical (unpaired) electrons. The zero-order chi connectivity index (χ0) is 10.3. The maximum Gasteiger partial charge on any atom is 0.247 e. The topological polar surface area (TPSA) is 64.9 Å². The third-order valence-electron chi connectivity index (χ3n) is 2.10. The highest BCUT2D eigenvalue weighted by atomic mass is 16.4. The van der Waals surface area contributed by atoms with Gasteiger partial charge in [0.25, 0.3) is 0 Å². The molecule has 0 fully saturated rings. The first-order valence-electron chi connectivity index (χ1n) is 4.61. The summed E-state index contributed by atoms with van der Waals surface area (Å²) in [6, 6.07) is 1.81. The highest BCUT2D eigenvalue weighted by Crippen LogP contribution is 2.24. The SMILES string of the molecule is Cc1nc2cc(N)c(C(C)C)nc2o1. The summed E-state index contributed by atoms with van der Waals surface area (Å²) in [5, 5.41) is 0. The van der Waals surface area contributed by atoms with Crippen LogP contribution in [0, 0.1) is 6.92 Å². The van der Waals surface area contributed by atoms with Crippen molar-refractivity contribution in [3.63, 3.8) is 0 Å². The number of nitrogens with zero attached hydrogens (tertiary/aromatic N) is 2. The van der Waals surface area contributed by atoms with E-state index in [0.717, 1.165) is 11.2 Å². The van der Waals surface area contributed by atoms with Crippen molar-refractivity contribution in [3.05, 3.63) is 17.7 Å². The van der Waals surface area contributed by atoms with Gasteiger partial charge in [-0.15, -0.1) is 0 Å². The number of nitrogens with two attached hydrogens (primary N) is 1. The van der Waals surface area contributed by atoms with Crippen LogP contribution >= 0.6 is 0 Å². The summed E-state index contributed by atoms with van der Waals surface area (Å²) in [6.45, 7) is 5.90. The van der Waals surface area contributed by atoms with Gasteiger partial charge in [-0.1, -0.05) is 13.8 Å². The van der Waals surface area contributed by atoms with E-state index >= 15 is 0 Å². The Balaban J connectivity index is 2.70. The van der Waals surface area contributed by atoms with Crippen LogP contribution in [0.4, 0.5) is 5.69 Å². The normalized spacial score (nSPS) is 11.4. The van der Waals surface area contributed by atoms with Crippen LogP contribution in [0.5, 0.6) is 0 Å². The van der Waals surface area contributed by atoms with Gasteiger partial charge in [0.15, 0.2) is 5.89 Å². The van der Waals surface area contributed by atoms with Crippen LogP contribution in [-0.4, -0.2) is 9.97 Å². The average Bonchev–Trinajstić information content (AvgIpc) is 2.42. The van der Waals surface area contributed by atoms with Crippen LogP contribution in [0.25, 0.3) is 11.2 Å². The Labute approximate surface area is 82.1 Å². The van der Waals surface area contributed by atoms with E-state index in [1.54, 1.807) is 6.92 Å². The zero-order valence-electron chi connectivity index (χ0n) is 8.53. The van der Waals surface area contributed by atoms with Gasteiger partial charge >= 0.3 is 0 Å². The number of hydrogen-bond acceptors (Lipinski definition) is 4. The number of anilines is 1. The molecule has 0 saturated carbocycles. The molecule has 4 heteroatoms. The van der Waals surface area contributed by atoms with E-state index < -0.39 is 0 Å². The Morgan fingerprint density at radius 3 is 2.71 bits per heavy atom. The van der Waals surface area contributed by atoms with E-state index in [-0.39, 0.29) is 0 Å². The molecule has 0 aliphatic carbocycles. The van der Waals surface area contributed by atoms with Crippen LogP contribution in [0.2, 0.25) is 0 Å². The standard InChI is InChI=1S/C10H13N3O/c1-5(2)9-7(11)4-8-10(13-9)14-6(3)12-8/h4-5H,11H2,1-3H3. The van der Waals surface area contributed by atoms with Crippen molar-refractivity contribution in [2.45, 2.75) is 26.7 Å². The maximum absolute atomic E-state index is 5.85. The van der Waals surface area contributed by atoms with Gasteiger partial charge in [-0.25, -0.2) is 9.97 Å². The van der Waals surface area contributed by atoms with Crippen molar-refractivity contribution in [3.8, 4) is 0 Å². The highest BCUT2D eigenvalue weighted by molar-refractivity contribution is 5.73. The lowest BCUT2D eigenvalue weighted by Gasteiger charge is -2.06. The second-order valence-corrected chi connectivity index (χ2v) is 3.67. The van der Waals surface area contributed by atoms with Crippen molar-refractivity contribution in [1.29, 1.82) is 0 Å². The number of nitrogen functional groups attached to an aromatic ring is 1. The first-order valence-corrected chi connectivity index (χ1v) is 4.61. The highest BCUT2D eigenvalue weighted by Gasteiger charge is 2.11. The minimum Gasteiger partial charge on any atom is -0.423 e. The number of fused-ring (bicyclic) bond motifs is 1. The fourth-order valence-electron chi connectivity index (χ4n) is 1.46. The molecule has 2 N–H and O–H groups in total. The molecule has 0 saturated heterocycles. The molecule has 0 atom stereocenters. The molecule has 14 heavy (non-hydrogen) atoms.